The van der Waals surface area contributed by atoms with Crippen LogP contribution in [-0.2, 0) is 0 Å². The van der Waals surface area contributed by atoms with Gasteiger partial charge in [0.2, 0.25) is 5.95 Å². The van der Waals surface area contributed by atoms with Gasteiger partial charge in [0.25, 0.3) is 0 Å². The molecule has 1 aliphatic rings. The van der Waals surface area contributed by atoms with Crippen molar-refractivity contribution in [1.29, 1.82) is 0 Å². The third-order valence-corrected chi connectivity index (χ3v) is 3.73. The maximum atomic E-state index is 4.53. The van der Waals surface area contributed by atoms with Crippen LogP contribution in [0.5, 0.6) is 0 Å². The first kappa shape index (κ1) is 11.6. The summed E-state index contributed by atoms with van der Waals surface area (Å²) < 4.78 is 0. The van der Waals surface area contributed by atoms with Crippen LogP contribution in [0.25, 0.3) is 11.5 Å². The fourth-order valence-electron chi connectivity index (χ4n) is 2.03. The van der Waals surface area contributed by atoms with Crippen LogP contribution in [0, 0.1) is 6.92 Å². The zero-order chi connectivity index (χ0) is 12.4. The Balaban J connectivity index is 1.80. The molecular formula is C11H16N6S. The molecule has 0 saturated carbocycles. The molecule has 0 amide bonds. The first-order valence-electron chi connectivity index (χ1n) is 6.13. The maximum absolute atomic E-state index is 4.53. The van der Waals surface area contributed by atoms with E-state index in [2.05, 4.69) is 30.4 Å². The molecule has 3 rings (SSSR count). The number of anilines is 1. The van der Waals surface area contributed by atoms with Gasteiger partial charge < -0.3 is 10.2 Å². The molecule has 0 bridgehead atoms. The van der Waals surface area contributed by atoms with Crippen LogP contribution in [0.3, 0.4) is 0 Å². The number of hydrogen-bond acceptors (Lipinski definition) is 6. The van der Waals surface area contributed by atoms with Gasteiger partial charge >= 0.3 is 0 Å². The molecule has 1 saturated heterocycles. The lowest BCUT2D eigenvalue weighted by Gasteiger charge is -2.16. The predicted molar refractivity (Wildman–Crippen MR) is 71.9 cm³/mol. The summed E-state index contributed by atoms with van der Waals surface area (Å²) in [7, 11) is 0. The highest BCUT2D eigenvalue weighted by atomic mass is 32.1. The number of aromatic amines is 1. The maximum Gasteiger partial charge on any atom is 0.245 e. The summed E-state index contributed by atoms with van der Waals surface area (Å²) in [5, 5.41) is 13.7. The zero-order valence-electron chi connectivity index (χ0n) is 10.3. The van der Waals surface area contributed by atoms with Crippen LogP contribution in [0.15, 0.2) is 5.38 Å². The summed E-state index contributed by atoms with van der Waals surface area (Å²) in [5.74, 6) is 1.53. The SMILES string of the molecule is Cc1nc(-c2nc(N3CCCNCC3)n[nH]2)cs1. The number of H-pyrrole nitrogens is 1. The topological polar surface area (TPSA) is 69.7 Å². The van der Waals surface area contributed by atoms with Crippen molar-refractivity contribution < 1.29 is 0 Å². The number of thiazole rings is 1. The summed E-state index contributed by atoms with van der Waals surface area (Å²) in [4.78, 5) is 11.2. The molecule has 6 nitrogen and oxygen atoms in total. The molecule has 18 heavy (non-hydrogen) atoms. The molecule has 7 heteroatoms. The molecular weight excluding hydrogens is 248 g/mol. The van der Waals surface area contributed by atoms with Gasteiger partial charge in [-0.3, -0.25) is 5.10 Å². The van der Waals surface area contributed by atoms with Crippen LogP contribution in [0.1, 0.15) is 11.4 Å². The van der Waals surface area contributed by atoms with E-state index in [0.717, 1.165) is 55.1 Å². The number of hydrogen-bond donors (Lipinski definition) is 2. The highest BCUT2D eigenvalue weighted by Gasteiger charge is 2.15. The van der Waals surface area contributed by atoms with E-state index in [9.17, 15) is 0 Å². The van der Waals surface area contributed by atoms with Gasteiger partial charge in [0.1, 0.15) is 5.69 Å². The summed E-state index contributed by atoms with van der Waals surface area (Å²) >= 11 is 1.62. The monoisotopic (exact) mass is 264 g/mol. The van der Waals surface area contributed by atoms with Gasteiger partial charge in [-0.25, -0.2) is 4.98 Å². The molecule has 0 atom stereocenters. The third kappa shape index (κ3) is 2.37. The van der Waals surface area contributed by atoms with Crippen molar-refractivity contribution in [3.05, 3.63) is 10.4 Å². The van der Waals surface area contributed by atoms with Gasteiger partial charge in [0, 0.05) is 25.0 Å². The van der Waals surface area contributed by atoms with E-state index in [0.29, 0.717) is 0 Å². The van der Waals surface area contributed by atoms with Crippen molar-refractivity contribution in [2.45, 2.75) is 13.3 Å². The Morgan fingerprint density at radius 2 is 2.22 bits per heavy atom. The number of nitrogens with one attached hydrogen (secondary N) is 2. The van der Waals surface area contributed by atoms with E-state index < -0.39 is 0 Å². The Labute approximate surface area is 109 Å². The van der Waals surface area contributed by atoms with Gasteiger partial charge in [-0.1, -0.05) is 0 Å². The van der Waals surface area contributed by atoms with Crippen molar-refractivity contribution in [3.8, 4) is 11.5 Å². The van der Waals surface area contributed by atoms with Crippen LogP contribution in [0.4, 0.5) is 5.95 Å². The van der Waals surface area contributed by atoms with E-state index in [4.69, 9.17) is 0 Å². The molecule has 1 fully saturated rings. The summed E-state index contributed by atoms with van der Waals surface area (Å²) in [5.41, 5.74) is 0.879. The summed E-state index contributed by atoms with van der Waals surface area (Å²) in [6.45, 7) is 6.00. The summed E-state index contributed by atoms with van der Waals surface area (Å²) in [6, 6.07) is 0. The number of aromatic nitrogens is 4. The molecule has 2 aromatic rings. The van der Waals surface area contributed by atoms with Gasteiger partial charge in [0.15, 0.2) is 5.82 Å². The first-order valence-corrected chi connectivity index (χ1v) is 7.01. The standard InChI is InChI=1S/C11H16N6S/c1-8-13-9(7-18-8)10-14-11(16-15-10)17-5-2-3-12-4-6-17/h7,12H,2-6H2,1H3,(H,14,15,16). The molecule has 96 valence electrons. The normalized spacial score (nSPS) is 16.8. The minimum Gasteiger partial charge on any atom is -0.338 e. The van der Waals surface area contributed by atoms with Crippen molar-refractivity contribution >= 4 is 17.3 Å². The number of aryl methyl sites for hydroxylation is 1. The largest absolute Gasteiger partial charge is 0.338 e. The fourth-order valence-corrected chi connectivity index (χ4v) is 2.62. The van der Waals surface area contributed by atoms with Gasteiger partial charge in [0.05, 0.1) is 5.01 Å². The number of nitrogens with zero attached hydrogens (tertiary/aromatic N) is 4. The molecule has 1 aliphatic heterocycles. The van der Waals surface area contributed by atoms with E-state index >= 15 is 0 Å². The van der Waals surface area contributed by atoms with Crippen LogP contribution in [0.2, 0.25) is 0 Å². The fraction of sp³-hybridized carbons (Fsp3) is 0.545. The lowest BCUT2D eigenvalue weighted by Crippen LogP contribution is -2.28. The molecule has 0 aromatic carbocycles. The molecule has 2 N–H and O–H groups in total. The second-order valence-electron chi connectivity index (χ2n) is 4.33. The van der Waals surface area contributed by atoms with Crippen LogP contribution < -0.4 is 10.2 Å². The van der Waals surface area contributed by atoms with Crippen molar-refractivity contribution in [3.63, 3.8) is 0 Å². The van der Waals surface area contributed by atoms with E-state index in [1.165, 1.54) is 0 Å². The molecule has 0 unspecified atom stereocenters. The molecule has 2 aromatic heterocycles. The first-order chi connectivity index (χ1) is 8.83. The van der Waals surface area contributed by atoms with Crippen LogP contribution >= 0.6 is 11.3 Å². The Morgan fingerprint density at radius 1 is 1.28 bits per heavy atom. The van der Waals surface area contributed by atoms with E-state index in [1.54, 1.807) is 11.3 Å². The second kappa shape index (κ2) is 5.03. The minimum absolute atomic E-state index is 0.756. The third-order valence-electron chi connectivity index (χ3n) is 2.96. The minimum atomic E-state index is 0.756. The number of rotatable bonds is 2. The van der Waals surface area contributed by atoms with Gasteiger partial charge in [-0.05, 0) is 19.9 Å². The Hall–Kier alpha value is -1.47. The molecule has 3 heterocycles. The predicted octanol–water partition coefficient (Wildman–Crippen LogP) is 1.04. The Kier molecular flexibility index (Phi) is 3.24. The lowest BCUT2D eigenvalue weighted by molar-refractivity contribution is 0.724. The molecule has 0 spiro atoms. The van der Waals surface area contributed by atoms with Crippen LogP contribution in [-0.4, -0.2) is 46.3 Å². The van der Waals surface area contributed by atoms with Crippen molar-refractivity contribution in [1.82, 2.24) is 25.5 Å². The Morgan fingerprint density at radius 3 is 3.06 bits per heavy atom. The highest BCUT2D eigenvalue weighted by Crippen LogP contribution is 2.20. The Bertz CT molecular complexity index is 511. The van der Waals surface area contributed by atoms with Crippen molar-refractivity contribution in [2.24, 2.45) is 0 Å². The average Bonchev–Trinajstić information content (AvgIpc) is 2.92. The van der Waals surface area contributed by atoms with E-state index in [-0.39, 0.29) is 0 Å². The highest BCUT2D eigenvalue weighted by molar-refractivity contribution is 7.09. The zero-order valence-corrected chi connectivity index (χ0v) is 11.1. The molecule has 0 radical (unpaired) electrons. The summed E-state index contributed by atoms with van der Waals surface area (Å²) in [6.07, 6.45) is 1.12. The van der Waals surface area contributed by atoms with E-state index in [1.807, 2.05) is 12.3 Å². The smallest absolute Gasteiger partial charge is 0.245 e. The second-order valence-corrected chi connectivity index (χ2v) is 5.39. The lowest BCUT2D eigenvalue weighted by atomic mass is 10.4. The van der Waals surface area contributed by atoms with Crippen molar-refractivity contribution in [2.75, 3.05) is 31.1 Å². The molecule has 0 aliphatic carbocycles. The van der Waals surface area contributed by atoms with Gasteiger partial charge in [-0.2, -0.15) is 4.98 Å². The van der Waals surface area contributed by atoms with Gasteiger partial charge in [-0.15, -0.1) is 16.4 Å². The average molecular weight is 264 g/mol. The quantitative estimate of drug-likeness (QED) is 0.848.